The van der Waals surface area contributed by atoms with Crippen LogP contribution in [-0.4, -0.2) is 32.2 Å². The molecule has 6 heteroatoms. The van der Waals surface area contributed by atoms with Crippen LogP contribution in [0.5, 0.6) is 0 Å². The van der Waals surface area contributed by atoms with Crippen molar-refractivity contribution in [3.63, 3.8) is 0 Å². The molecular weight excluding hydrogens is 382 g/mol. The minimum absolute atomic E-state index is 0.0410. The highest BCUT2D eigenvalue weighted by Gasteiger charge is 2.19. The molecule has 152 valence electrons. The quantitative estimate of drug-likeness (QED) is 0.410. The molecular formula is C23H27N3O2S. The van der Waals surface area contributed by atoms with Gasteiger partial charge in [0.15, 0.2) is 5.16 Å². The van der Waals surface area contributed by atoms with E-state index in [0.29, 0.717) is 29.1 Å². The summed E-state index contributed by atoms with van der Waals surface area (Å²) in [7, 11) is 0. The van der Waals surface area contributed by atoms with E-state index in [9.17, 15) is 9.59 Å². The van der Waals surface area contributed by atoms with Gasteiger partial charge in [-0.2, -0.15) is 0 Å². The van der Waals surface area contributed by atoms with Crippen molar-refractivity contribution in [2.24, 2.45) is 0 Å². The van der Waals surface area contributed by atoms with Gasteiger partial charge in [-0.25, -0.2) is 4.98 Å². The lowest BCUT2D eigenvalue weighted by Gasteiger charge is -2.27. The van der Waals surface area contributed by atoms with Crippen LogP contribution in [0.2, 0.25) is 0 Å². The van der Waals surface area contributed by atoms with Crippen LogP contribution in [0.25, 0.3) is 10.9 Å². The second kappa shape index (κ2) is 9.74. The van der Waals surface area contributed by atoms with Crippen molar-refractivity contribution in [1.82, 2.24) is 14.5 Å². The lowest BCUT2D eigenvalue weighted by Crippen LogP contribution is -2.37. The number of benzene rings is 2. The Morgan fingerprint density at radius 2 is 1.79 bits per heavy atom. The number of rotatable bonds is 8. The second-order valence-corrected chi connectivity index (χ2v) is 8.20. The highest BCUT2D eigenvalue weighted by molar-refractivity contribution is 7.99. The number of nitrogens with zero attached hydrogens (tertiary/aromatic N) is 3. The standard InChI is InChI=1S/C23H27N3O2S/c1-4-14-25-22(28)19-12-8-9-13-20(19)24-23(25)29-16-21(27)26(17(2)3)15-18-10-6-5-7-11-18/h5-13,17H,4,14-16H2,1-3H3. The third kappa shape index (κ3) is 5.07. The fourth-order valence-corrected chi connectivity index (χ4v) is 4.14. The van der Waals surface area contributed by atoms with Crippen LogP contribution in [-0.2, 0) is 17.9 Å². The first-order valence-electron chi connectivity index (χ1n) is 9.97. The lowest BCUT2D eigenvalue weighted by molar-refractivity contribution is -0.130. The Morgan fingerprint density at radius 1 is 1.10 bits per heavy atom. The molecule has 29 heavy (non-hydrogen) atoms. The van der Waals surface area contributed by atoms with Gasteiger partial charge in [0.1, 0.15) is 0 Å². The number of hydrogen-bond acceptors (Lipinski definition) is 4. The Kier molecular flexibility index (Phi) is 7.09. The summed E-state index contributed by atoms with van der Waals surface area (Å²) >= 11 is 1.34. The Bertz CT molecular complexity index is 1030. The predicted molar refractivity (Wildman–Crippen MR) is 119 cm³/mol. The van der Waals surface area contributed by atoms with Gasteiger partial charge in [0.2, 0.25) is 5.91 Å². The molecule has 0 radical (unpaired) electrons. The number of fused-ring (bicyclic) bond motifs is 1. The molecule has 0 atom stereocenters. The van der Waals surface area contributed by atoms with Crippen molar-refractivity contribution in [2.45, 2.75) is 51.5 Å². The summed E-state index contributed by atoms with van der Waals surface area (Å²) in [5, 5.41) is 1.22. The number of amides is 1. The molecule has 0 aliphatic rings. The van der Waals surface area contributed by atoms with Gasteiger partial charge in [0, 0.05) is 19.1 Å². The molecule has 1 heterocycles. The predicted octanol–water partition coefficient (Wildman–Crippen LogP) is 4.34. The lowest BCUT2D eigenvalue weighted by atomic mass is 10.2. The molecule has 3 aromatic rings. The maximum Gasteiger partial charge on any atom is 0.262 e. The van der Waals surface area contributed by atoms with Gasteiger partial charge >= 0.3 is 0 Å². The number of para-hydroxylation sites is 1. The van der Waals surface area contributed by atoms with Gasteiger partial charge in [-0.05, 0) is 38.0 Å². The van der Waals surface area contributed by atoms with E-state index in [0.717, 1.165) is 12.0 Å². The smallest absolute Gasteiger partial charge is 0.262 e. The van der Waals surface area contributed by atoms with E-state index in [1.165, 1.54) is 11.8 Å². The summed E-state index contributed by atoms with van der Waals surface area (Å²) in [6.07, 6.45) is 0.827. The number of hydrogen-bond donors (Lipinski definition) is 0. The van der Waals surface area contributed by atoms with E-state index in [-0.39, 0.29) is 23.3 Å². The van der Waals surface area contributed by atoms with Gasteiger partial charge in [0.05, 0.1) is 16.7 Å². The first-order chi connectivity index (χ1) is 14.0. The number of thioether (sulfide) groups is 1. The van der Waals surface area contributed by atoms with Crippen molar-refractivity contribution >= 4 is 28.6 Å². The summed E-state index contributed by atoms with van der Waals surface area (Å²) in [5.74, 6) is 0.291. The molecule has 0 fully saturated rings. The van der Waals surface area contributed by atoms with Crippen LogP contribution in [0.4, 0.5) is 0 Å². The third-order valence-electron chi connectivity index (χ3n) is 4.74. The normalized spacial score (nSPS) is 11.2. The SMILES string of the molecule is CCCn1c(SCC(=O)N(Cc2ccccc2)C(C)C)nc2ccccc2c1=O. The summed E-state index contributed by atoms with van der Waals surface area (Å²) in [6, 6.07) is 17.4. The monoisotopic (exact) mass is 409 g/mol. The number of carbonyl (C=O) groups is 1. The van der Waals surface area contributed by atoms with Crippen LogP contribution in [0.15, 0.2) is 64.5 Å². The van der Waals surface area contributed by atoms with Gasteiger partial charge < -0.3 is 4.90 Å². The zero-order valence-electron chi connectivity index (χ0n) is 17.2. The maximum absolute atomic E-state index is 13.0. The van der Waals surface area contributed by atoms with Gasteiger partial charge in [-0.1, -0.05) is 61.2 Å². The summed E-state index contributed by atoms with van der Waals surface area (Å²) < 4.78 is 1.69. The van der Waals surface area contributed by atoms with Crippen LogP contribution >= 0.6 is 11.8 Å². The molecule has 0 unspecified atom stereocenters. The first-order valence-corrected chi connectivity index (χ1v) is 11.0. The van der Waals surface area contributed by atoms with Crippen molar-refractivity contribution in [3.8, 4) is 0 Å². The molecule has 0 aliphatic carbocycles. The van der Waals surface area contributed by atoms with Crippen molar-refractivity contribution in [1.29, 1.82) is 0 Å². The topological polar surface area (TPSA) is 55.2 Å². The van der Waals surface area contributed by atoms with Gasteiger partial charge in [-0.3, -0.25) is 14.2 Å². The van der Waals surface area contributed by atoms with E-state index >= 15 is 0 Å². The highest BCUT2D eigenvalue weighted by atomic mass is 32.2. The molecule has 1 aromatic heterocycles. The molecule has 0 spiro atoms. The van der Waals surface area contributed by atoms with Crippen LogP contribution < -0.4 is 5.56 Å². The van der Waals surface area contributed by atoms with E-state index in [1.807, 2.05) is 74.2 Å². The van der Waals surface area contributed by atoms with Crippen molar-refractivity contribution in [2.75, 3.05) is 5.75 Å². The molecule has 2 aromatic carbocycles. The van der Waals surface area contributed by atoms with E-state index in [1.54, 1.807) is 10.6 Å². The fourth-order valence-electron chi connectivity index (χ4n) is 3.23. The Morgan fingerprint density at radius 3 is 2.48 bits per heavy atom. The van der Waals surface area contributed by atoms with Crippen molar-refractivity contribution in [3.05, 3.63) is 70.5 Å². The molecule has 3 rings (SSSR count). The average Bonchev–Trinajstić information content (AvgIpc) is 2.73. The molecule has 0 saturated heterocycles. The Hall–Kier alpha value is -2.60. The first kappa shape index (κ1) is 21.1. The highest BCUT2D eigenvalue weighted by Crippen LogP contribution is 2.20. The van der Waals surface area contributed by atoms with E-state index < -0.39 is 0 Å². The number of carbonyl (C=O) groups excluding carboxylic acids is 1. The van der Waals surface area contributed by atoms with Gasteiger partial charge in [-0.15, -0.1) is 0 Å². The minimum Gasteiger partial charge on any atom is -0.335 e. The van der Waals surface area contributed by atoms with Crippen LogP contribution in [0.3, 0.4) is 0 Å². The Balaban J connectivity index is 1.82. The molecule has 0 N–H and O–H groups in total. The second-order valence-electron chi connectivity index (χ2n) is 7.26. The maximum atomic E-state index is 13.0. The van der Waals surface area contributed by atoms with Crippen LogP contribution in [0, 0.1) is 0 Å². The zero-order valence-corrected chi connectivity index (χ0v) is 18.0. The van der Waals surface area contributed by atoms with Crippen LogP contribution in [0.1, 0.15) is 32.8 Å². The zero-order chi connectivity index (χ0) is 20.8. The minimum atomic E-state index is -0.0441. The number of aromatic nitrogens is 2. The molecule has 0 bridgehead atoms. The fraction of sp³-hybridized carbons (Fsp3) is 0.348. The summed E-state index contributed by atoms with van der Waals surface area (Å²) in [6.45, 7) is 7.23. The largest absolute Gasteiger partial charge is 0.335 e. The van der Waals surface area contributed by atoms with Gasteiger partial charge in [0.25, 0.3) is 5.56 Å². The molecule has 1 amide bonds. The summed E-state index contributed by atoms with van der Waals surface area (Å²) in [4.78, 5) is 32.4. The molecule has 0 saturated carbocycles. The van der Waals surface area contributed by atoms with E-state index in [4.69, 9.17) is 0 Å². The van der Waals surface area contributed by atoms with E-state index in [2.05, 4.69) is 4.98 Å². The molecule has 0 aliphatic heterocycles. The summed E-state index contributed by atoms with van der Waals surface area (Å²) in [5.41, 5.74) is 1.73. The Labute approximate surface area is 175 Å². The third-order valence-corrected chi connectivity index (χ3v) is 5.70. The van der Waals surface area contributed by atoms with Crippen molar-refractivity contribution < 1.29 is 4.79 Å². The average molecular weight is 410 g/mol. The molecule has 5 nitrogen and oxygen atoms in total.